The summed E-state index contributed by atoms with van der Waals surface area (Å²) < 4.78 is 0. The second-order valence-corrected chi connectivity index (χ2v) is 12.2. The summed E-state index contributed by atoms with van der Waals surface area (Å²) in [7, 11) is -1.01. The van der Waals surface area contributed by atoms with Gasteiger partial charge in [0.1, 0.15) is 0 Å². The van der Waals surface area contributed by atoms with Crippen LogP contribution in [0.4, 0.5) is 0 Å². The van der Waals surface area contributed by atoms with Crippen molar-refractivity contribution in [3.05, 3.63) is 0 Å². The quantitative estimate of drug-likeness (QED) is 0.648. The van der Waals surface area contributed by atoms with Crippen molar-refractivity contribution in [1.82, 2.24) is 4.90 Å². The van der Waals surface area contributed by atoms with E-state index in [2.05, 4.69) is 38.8 Å². The van der Waals surface area contributed by atoms with E-state index >= 15 is 0 Å². The topological polar surface area (TPSA) is 3.24 Å². The Bertz CT molecular complexity index is 175. The molecule has 1 aliphatic heterocycles. The highest BCUT2D eigenvalue weighted by Gasteiger charge is 2.34. The van der Waals surface area contributed by atoms with Gasteiger partial charge in [-0.2, -0.15) is 0 Å². The Labute approximate surface area is 90.9 Å². The number of hydrogen-bond acceptors (Lipinski definition) is 1. The van der Waals surface area contributed by atoms with Gasteiger partial charge in [0, 0.05) is 0 Å². The molecule has 0 unspecified atom stereocenters. The molecule has 1 fully saturated rings. The first-order chi connectivity index (χ1) is 6.33. The van der Waals surface area contributed by atoms with Crippen molar-refractivity contribution in [1.29, 1.82) is 0 Å². The first-order valence-corrected chi connectivity index (χ1v) is 9.26. The summed E-state index contributed by atoms with van der Waals surface area (Å²) in [5.41, 5.74) is 0. The normalized spacial score (nSPS) is 20.4. The molecule has 0 aromatic heterocycles. The minimum atomic E-state index is -1.01. The van der Waals surface area contributed by atoms with Gasteiger partial charge in [0.05, 0.1) is 8.07 Å². The van der Waals surface area contributed by atoms with Crippen molar-refractivity contribution in [2.24, 2.45) is 0 Å². The molecule has 0 aliphatic carbocycles. The van der Waals surface area contributed by atoms with E-state index in [9.17, 15) is 0 Å². The molecule has 14 heavy (non-hydrogen) atoms. The number of rotatable bonds is 3. The molecule has 1 heterocycles. The fraction of sp³-hybridized carbons (Fsp3) is 1.00. The van der Waals surface area contributed by atoms with Crippen LogP contribution >= 0.6 is 0 Å². The molecular weight excluding hydrogens is 186 g/mol. The van der Waals surface area contributed by atoms with Gasteiger partial charge in [-0.1, -0.05) is 33.9 Å². The standard InChI is InChI=1S/C12H27NSi/c1-12(2,3)14(4,5)11-10-13-8-6-7-9-13/h6-11H2,1-5H3. The molecule has 1 rings (SSSR count). The van der Waals surface area contributed by atoms with Crippen molar-refractivity contribution >= 4 is 8.07 Å². The van der Waals surface area contributed by atoms with Crippen LogP contribution in [0.2, 0.25) is 24.2 Å². The summed E-state index contributed by atoms with van der Waals surface area (Å²) in [4.78, 5) is 2.65. The summed E-state index contributed by atoms with van der Waals surface area (Å²) in [6, 6.07) is 1.47. The average Bonchev–Trinajstić information content (AvgIpc) is 2.50. The molecule has 2 heteroatoms. The Morgan fingerprint density at radius 2 is 1.57 bits per heavy atom. The fourth-order valence-corrected chi connectivity index (χ4v) is 3.44. The van der Waals surface area contributed by atoms with Crippen molar-refractivity contribution in [3.63, 3.8) is 0 Å². The Hall–Kier alpha value is 0.177. The molecule has 84 valence electrons. The molecule has 0 saturated carbocycles. The molecule has 1 nitrogen and oxygen atoms in total. The van der Waals surface area contributed by atoms with Gasteiger partial charge in [-0.05, 0) is 43.6 Å². The third kappa shape index (κ3) is 3.09. The summed E-state index contributed by atoms with van der Waals surface area (Å²) in [6.45, 7) is 16.4. The van der Waals surface area contributed by atoms with Crippen molar-refractivity contribution in [2.45, 2.75) is 57.8 Å². The first kappa shape index (κ1) is 12.2. The van der Waals surface area contributed by atoms with Gasteiger partial charge in [-0.25, -0.2) is 0 Å². The van der Waals surface area contributed by atoms with Gasteiger partial charge in [-0.3, -0.25) is 0 Å². The zero-order chi connectivity index (χ0) is 10.8. The first-order valence-electron chi connectivity index (χ1n) is 6.05. The smallest absolute Gasteiger partial charge is 0.0540 e. The Morgan fingerprint density at radius 3 is 2.00 bits per heavy atom. The lowest BCUT2D eigenvalue weighted by Gasteiger charge is -2.38. The van der Waals surface area contributed by atoms with Crippen molar-refractivity contribution in [3.8, 4) is 0 Å². The Balaban J connectivity index is 2.35. The number of nitrogens with zero attached hydrogens (tertiary/aromatic N) is 1. The molecule has 0 radical (unpaired) electrons. The molecule has 0 bridgehead atoms. The maximum atomic E-state index is 2.65. The third-order valence-corrected chi connectivity index (χ3v) is 9.82. The van der Waals surface area contributed by atoms with E-state index in [1.807, 2.05) is 0 Å². The lowest BCUT2D eigenvalue weighted by molar-refractivity contribution is 0.355. The van der Waals surface area contributed by atoms with Crippen LogP contribution < -0.4 is 0 Å². The van der Waals surface area contributed by atoms with E-state index in [0.29, 0.717) is 5.04 Å². The van der Waals surface area contributed by atoms with Crippen LogP contribution in [0.1, 0.15) is 33.6 Å². The number of hydrogen-bond donors (Lipinski definition) is 0. The highest BCUT2D eigenvalue weighted by Crippen LogP contribution is 2.38. The van der Waals surface area contributed by atoms with E-state index in [4.69, 9.17) is 0 Å². The lowest BCUT2D eigenvalue weighted by atomic mass is 10.2. The van der Waals surface area contributed by atoms with Gasteiger partial charge in [0.25, 0.3) is 0 Å². The lowest BCUT2D eigenvalue weighted by Crippen LogP contribution is -2.40. The molecule has 0 amide bonds. The van der Waals surface area contributed by atoms with Crippen LogP contribution in [-0.2, 0) is 0 Å². The van der Waals surface area contributed by atoms with Crippen molar-refractivity contribution < 1.29 is 0 Å². The summed E-state index contributed by atoms with van der Waals surface area (Å²) in [6.07, 6.45) is 2.86. The molecule has 0 spiro atoms. The summed E-state index contributed by atoms with van der Waals surface area (Å²) in [5.74, 6) is 0. The van der Waals surface area contributed by atoms with Gasteiger partial charge < -0.3 is 4.90 Å². The highest BCUT2D eigenvalue weighted by molar-refractivity contribution is 6.80. The van der Waals surface area contributed by atoms with Crippen LogP contribution in [-0.4, -0.2) is 32.6 Å². The van der Waals surface area contributed by atoms with Crippen LogP contribution in [0.25, 0.3) is 0 Å². The van der Waals surface area contributed by atoms with E-state index in [1.54, 1.807) is 0 Å². The van der Waals surface area contributed by atoms with E-state index in [0.717, 1.165) is 0 Å². The second kappa shape index (κ2) is 4.36. The zero-order valence-electron chi connectivity index (χ0n) is 10.7. The van der Waals surface area contributed by atoms with Gasteiger partial charge in [-0.15, -0.1) is 0 Å². The third-order valence-electron chi connectivity index (χ3n) is 4.28. The van der Waals surface area contributed by atoms with Crippen LogP contribution in [0.15, 0.2) is 0 Å². The molecular formula is C12H27NSi. The SMILES string of the molecule is CC(C)(C)[Si](C)(C)CCN1CCCC1. The molecule has 0 N–H and O–H groups in total. The van der Waals surface area contributed by atoms with Crippen molar-refractivity contribution in [2.75, 3.05) is 19.6 Å². The number of likely N-dealkylation sites (tertiary alicyclic amines) is 1. The molecule has 0 aromatic rings. The van der Waals surface area contributed by atoms with Crippen LogP contribution in [0.3, 0.4) is 0 Å². The molecule has 0 aromatic carbocycles. The van der Waals surface area contributed by atoms with Crippen LogP contribution in [0, 0.1) is 0 Å². The van der Waals surface area contributed by atoms with Gasteiger partial charge >= 0.3 is 0 Å². The average molecular weight is 213 g/mol. The maximum absolute atomic E-state index is 2.65. The molecule has 1 aliphatic rings. The highest BCUT2D eigenvalue weighted by atomic mass is 28.3. The van der Waals surface area contributed by atoms with Gasteiger partial charge in [0.2, 0.25) is 0 Å². The fourth-order valence-electron chi connectivity index (χ4n) is 1.82. The van der Waals surface area contributed by atoms with E-state index in [-0.39, 0.29) is 0 Å². The molecule has 1 saturated heterocycles. The van der Waals surface area contributed by atoms with E-state index < -0.39 is 8.07 Å². The van der Waals surface area contributed by atoms with Gasteiger partial charge in [0.15, 0.2) is 0 Å². The predicted molar refractivity (Wildman–Crippen MR) is 67.7 cm³/mol. The predicted octanol–water partition coefficient (Wildman–Crippen LogP) is 3.59. The Kier molecular flexibility index (Phi) is 3.81. The van der Waals surface area contributed by atoms with Crippen LogP contribution in [0.5, 0.6) is 0 Å². The summed E-state index contributed by atoms with van der Waals surface area (Å²) >= 11 is 0. The minimum absolute atomic E-state index is 0.562. The zero-order valence-corrected chi connectivity index (χ0v) is 11.7. The summed E-state index contributed by atoms with van der Waals surface area (Å²) in [5, 5.41) is 0.562. The maximum Gasteiger partial charge on any atom is 0.0540 e. The monoisotopic (exact) mass is 213 g/mol. The Morgan fingerprint density at radius 1 is 1.07 bits per heavy atom. The minimum Gasteiger partial charge on any atom is -0.304 e. The van der Waals surface area contributed by atoms with E-state index in [1.165, 1.54) is 38.5 Å². The molecule has 0 atom stereocenters. The largest absolute Gasteiger partial charge is 0.304 e. The second-order valence-electron chi connectivity index (χ2n) is 6.43.